The molecule has 41 heavy (non-hydrogen) atoms. The molecule has 0 aliphatic heterocycles. The van der Waals surface area contributed by atoms with Gasteiger partial charge in [-0.05, 0) is 91.1 Å². The van der Waals surface area contributed by atoms with Crippen molar-refractivity contribution in [3.05, 3.63) is 70.8 Å². The Kier molecular flexibility index (Phi) is 11.8. The molecule has 0 heterocycles. The van der Waals surface area contributed by atoms with Crippen molar-refractivity contribution < 1.29 is 18.8 Å². The smallest absolute Gasteiger partial charge is 0.303 e. The van der Waals surface area contributed by atoms with Crippen molar-refractivity contribution in [2.24, 2.45) is 0 Å². The van der Waals surface area contributed by atoms with Gasteiger partial charge in [0.1, 0.15) is 0 Å². The summed E-state index contributed by atoms with van der Waals surface area (Å²) >= 11 is 0. The van der Waals surface area contributed by atoms with Gasteiger partial charge in [0.05, 0.1) is 11.2 Å². The largest absolute Gasteiger partial charge is 0.481 e. The molecule has 5 nitrogen and oxygen atoms in total. The molecule has 1 N–H and O–H groups in total. The van der Waals surface area contributed by atoms with Crippen LogP contribution in [0.4, 0.5) is 5.69 Å². The Morgan fingerprint density at radius 2 is 1.41 bits per heavy atom. The van der Waals surface area contributed by atoms with Crippen LogP contribution in [0.3, 0.4) is 0 Å². The zero-order valence-electron chi connectivity index (χ0n) is 27.4. The molecule has 0 bridgehead atoms. The third-order valence-corrected chi connectivity index (χ3v) is 9.03. The van der Waals surface area contributed by atoms with Crippen molar-refractivity contribution in [1.29, 1.82) is 0 Å². The standard InChI is InChI=1S/C34H51NO4Si2/c1-24(15-13-18-30(36)37)26-16-14-17-27(22-26)35(12)23-25-19-20-28(33(8,9)38-40-31(2,3)4)29(21-25)34(10,11)39-41-32(5,6)7/h14-17,19-22H,13,18,23H2,1-12H3,(H,36,37)/b24-15+. The number of hydrogen-bond donors (Lipinski definition) is 1. The van der Waals surface area contributed by atoms with Gasteiger partial charge in [0.25, 0.3) is 0 Å². The molecular weight excluding hydrogens is 543 g/mol. The van der Waals surface area contributed by atoms with E-state index < -0.39 is 17.2 Å². The van der Waals surface area contributed by atoms with E-state index in [4.69, 9.17) is 14.0 Å². The fraction of sp³-hybridized carbons (Fsp3) is 0.559. The van der Waals surface area contributed by atoms with Crippen molar-refractivity contribution in [1.82, 2.24) is 0 Å². The van der Waals surface area contributed by atoms with E-state index in [0.29, 0.717) is 25.9 Å². The van der Waals surface area contributed by atoms with E-state index >= 15 is 0 Å². The number of carboxylic acid groups (broad SMARTS) is 1. The van der Waals surface area contributed by atoms with Gasteiger partial charge in [0.2, 0.25) is 19.5 Å². The van der Waals surface area contributed by atoms with Gasteiger partial charge in [-0.3, -0.25) is 4.79 Å². The first kappa shape index (κ1) is 35.0. The molecule has 0 amide bonds. The van der Waals surface area contributed by atoms with E-state index in [1.54, 1.807) is 0 Å². The normalized spacial score (nSPS) is 13.4. The van der Waals surface area contributed by atoms with Crippen LogP contribution in [-0.4, -0.2) is 37.6 Å². The Bertz CT molecular complexity index is 1210. The molecule has 0 spiro atoms. The van der Waals surface area contributed by atoms with E-state index in [2.05, 4.69) is 124 Å². The number of aliphatic carboxylic acids is 1. The molecule has 7 heteroatoms. The number of hydrogen-bond acceptors (Lipinski definition) is 4. The van der Waals surface area contributed by atoms with Crippen molar-refractivity contribution in [3.8, 4) is 0 Å². The molecular formula is C34H51NO4Si2. The highest BCUT2D eigenvalue weighted by Gasteiger charge is 2.34. The molecule has 2 aromatic carbocycles. The molecule has 0 saturated heterocycles. The zero-order valence-corrected chi connectivity index (χ0v) is 29.4. The average Bonchev–Trinajstić information content (AvgIpc) is 2.85. The first-order chi connectivity index (χ1) is 18.7. The van der Waals surface area contributed by atoms with Gasteiger partial charge in [-0.1, -0.05) is 78.0 Å². The number of benzene rings is 2. The first-order valence-electron chi connectivity index (χ1n) is 14.4. The highest BCUT2D eigenvalue weighted by atomic mass is 28.2. The van der Waals surface area contributed by atoms with Gasteiger partial charge in [0, 0.05) is 25.7 Å². The van der Waals surface area contributed by atoms with Gasteiger partial charge in [0.15, 0.2) is 0 Å². The summed E-state index contributed by atoms with van der Waals surface area (Å²) in [6.07, 6.45) is 2.67. The summed E-state index contributed by atoms with van der Waals surface area (Å²) < 4.78 is 13.2. The Morgan fingerprint density at radius 3 is 1.95 bits per heavy atom. The third kappa shape index (κ3) is 11.5. The Balaban J connectivity index is 2.41. The molecule has 2 rings (SSSR count). The third-order valence-electron chi connectivity index (χ3n) is 6.58. The monoisotopic (exact) mass is 593 g/mol. The van der Waals surface area contributed by atoms with E-state index in [0.717, 1.165) is 34.5 Å². The number of allylic oxidation sites excluding steroid dienone is 2. The fourth-order valence-electron chi connectivity index (χ4n) is 4.27. The minimum absolute atomic E-state index is 0.0834. The molecule has 2 aromatic rings. The predicted octanol–water partition coefficient (Wildman–Crippen LogP) is 8.77. The number of carbonyl (C=O) groups is 1. The Hall–Kier alpha value is -2.20. The number of carboxylic acids is 1. The number of anilines is 1. The lowest BCUT2D eigenvalue weighted by molar-refractivity contribution is -0.136. The second kappa shape index (κ2) is 13.9. The lowest BCUT2D eigenvalue weighted by Gasteiger charge is -2.37. The molecule has 0 aliphatic rings. The SMILES string of the molecule is C/C(=C\CCC(=O)O)c1cccc(N(C)Cc2ccc(C(C)(C)O[Si]C(C)(C)C)c(C(C)(C)O[Si]C(C)(C)C)c2)c1. The van der Waals surface area contributed by atoms with Crippen LogP contribution in [0, 0.1) is 0 Å². The fourth-order valence-corrected chi connectivity index (χ4v) is 5.61. The summed E-state index contributed by atoms with van der Waals surface area (Å²) in [5, 5.41) is 9.14. The van der Waals surface area contributed by atoms with Gasteiger partial charge in [-0.25, -0.2) is 0 Å². The molecule has 0 unspecified atom stereocenters. The average molecular weight is 594 g/mol. The van der Waals surface area contributed by atoms with E-state index in [9.17, 15) is 4.79 Å². The van der Waals surface area contributed by atoms with E-state index in [1.165, 1.54) is 5.56 Å². The maximum Gasteiger partial charge on any atom is 0.303 e. The summed E-state index contributed by atoms with van der Waals surface area (Å²) in [6.45, 7) is 24.7. The van der Waals surface area contributed by atoms with Crippen LogP contribution >= 0.6 is 0 Å². The molecule has 0 fully saturated rings. The summed E-state index contributed by atoms with van der Waals surface area (Å²) in [6, 6.07) is 15.2. The van der Waals surface area contributed by atoms with Crippen LogP contribution in [0.1, 0.15) is 111 Å². The van der Waals surface area contributed by atoms with Crippen LogP contribution in [0.15, 0.2) is 48.5 Å². The van der Waals surface area contributed by atoms with Crippen molar-refractivity contribution >= 4 is 36.8 Å². The van der Waals surface area contributed by atoms with Crippen LogP contribution in [0.2, 0.25) is 10.1 Å². The van der Waals surface area contributed by atoms with Crippen LogP contribution in [0.5, 0.6) is 0 Å². The molecule has 4 radical (unpaired) electrons. The van der Waals surface area contributed by atoms with Crippen molar-refractivity contribution in [2.45, 2.75) is 117 Å². The number of nitrogens with zero attached hydrogens (tertiary/aromatic N) is 1. The van der Waals surface area contributed by atoms with E-state index in [1.807, 2.05) is 13.0 Å². The first-order valence-corrected chi connectivity index (χ1v) is 16.3. The van der Waals surface area contributed by atoms with Crippen LogP contribution in [0.25, 0.3) is 5.57 Å². The van der Waals surface area contributed by atoms with Gasteiger partial charge < -0.3 is 18.9 Å². The predicted molar refractivity (Wildman–Crippen MR) is 175 cm³/mol. The molecule has 0 aromatic heterocycles. The highest BCUT2D eigenvalue weighted by molar-refractivity contribution is 6.32. The lowest BCUT2D eigenvalue weighted by Crippen LogP contribution is -2.34. The van der Waals surface area contributed by atoms with Gasteiger partial charge in [-0.15, -0.1) is 0 Å². The zero-order chi connectivity index (χ0) is 31.2. The van der Waals surface area contributed by atoms with Crippen molar-refractivity contribution in [2.75, 3.05) is 11.9 Å². The van der Waals surface area contributed by atoms with Crippen LogP contribution in [-0.2, 0) is 31.4 Å². The Morgan fingerprint density at radius 1 is 0.854 bits per heavy atom. The van der Waals surface area contributed by atoms with Gasteiger partial charge >= 0.3 is 5.97 Å². The summed E-state index contributed by atoms with van der Waals surface area (Å²) in [7, 11) is 2.85. The topological polar surface area (TPSA) is 59.0 Å². The summed E-state index contributed by atoms with van der Waals surface area (Å²) in [5.74, 6) is -0.773. The maximum atomic E-state index is 10.9. The molecule has 224 valence electrons. The second-order valence-corrected chi connectivity index (χ2v) is 17.9. The quantitative estimate of drug-likeness (QED) is 0.235. The maximum absolute atomic E-state index is 10.9. The minimum atomic E-state index is -0.773. The van der Waals surface area contributed by atoms with E-state index in [-0.39, 0.29) is 16.5 Å². The molecule has 0 aliphatic carbocycles. The highest BCUT2D eigenvalue weighted by Crippen LogP contribution is 2.39. The van der Waals surface area contributed by atoms with Crippen LogP contribution < -0.4 is 4.90 Å². The molecule has 0 atom stereocenters. The minimum Gasteiger partial charge on any atom is -0.481 e. The van der Waals surface area contributed by atoms with Gasteiger partial charge in [-0.2, -0.15) is 0 Å². The summed E-state index contributed by atoms with van der Waals surface area (Å²) in [4.78, 5) is 13.1. The second-order valence-electron chi connectivity index (χ2n) is 14.0. The lowest BCUT2D eigenvalue weighted by atomic mass is 9.84. The number of rotatable bonds is 13. The molecule has 0 saturated carbocycles. The summed E-state index contributed by atoms with van der Waals surface area (Å²) in [5.41, 5.74) is 5.88. The van der Waals surface area contributed by atoms with Crippen molar-refractivity contribution in [3.63, 3.8) is 0 Å². The Labute approximate surface area is 254 Å².